The lowest BCUT2D eigenvalue weighted by atomic mass is 10.00. The Morgan fingerprint density at radius 3 is 2.67 bits per heavy atom. The van der Waals surface area contributed by atoms with Crippen molar-refractivity contribution in [2.75, 3.05) is 18.5 Å². The zero-order valence-corrected chi connectivity index (χ0v) is 12.1. The molecule has 1 aliphatic heterocycles. The lowest BCUT2D eigenvalue weighted by Crippen LogP contribution is -2.27. The summed E-state index contributed by atoms with van der Waals surface area (Å²) in [4.78, 5) is 18.0. The van der Waals surface area contributed by atoms with Crippen LogP contribution in [0.15, 0.2) is 47.5 Å². The summed E-state index contributed by atoms with van der Waals surface area (Å²) in [7, 11) is 1.66. The fourth-order valence-electron chi connectivity index (χ4n) is 2.33. The second-order valence-electron chi connectivity index (χ2n) is 4.80. The minimum atomic E-state index is -0.135. The van der Waals surface area contributed by atoms with Crippen LogP contribution in [0.3, 0.4) is 0 Å². The number of benzene rings is 2. The number of phenols is 1. The van der Waals surface area contributed by atoms with Crippen molar-refractivity contribution in [1.29, 1.82) is 0 Å². The van der Waals surface area contributed by atoms with Gasteiger partial charge in [0.05, 0.1) is 16.4 Å². The Morgan fingerprint density at radius 2 is 1.95 bits per heavy atom. The third-order valence-electron chi connectivity index (χ3n) is 3.48. The molecular formula is C16H13ClN2O2. The molecule has 0 aromatic heterocycles. The van der Waals surface area contributed by atoms with Gasteiger partial charge in [-0.25, -0.2) is 0 Å². The van der Waals surface area contributed by atoms with Gasteiger partial charge in [0.25, 0.3) is 0 Å². The van der Waals surface area contributed by atoms with Gasteiger partial charge in [-0.2, -0.15) is 0 Å². The number of hydrogen-bond acceptors (Lipinski definition) is 3. The molecule has 3 rings (SSSR count). The molecule has 0 spiro atoms. The predicted molar refractivity (Wildman–Crippen MR) is 83.5 cm³/mol. The standard InChI is InChI=1S/C16H13ClN2O2/c1-19-13-8-14(20)12(17)7-11(13)16(18-9-15(19)21)10-5-3-2-4-6-10/h2-8,20H,9H2,1H3. The van der Waals surface area contributed by atoms with Gasteiger partial charge in [-0.05, 0) is 6.07 Å². The molecule has 0 unspecified atom stereocenters. The minimum Gasteiger partial charge on any atom is -0.506 e. The molecule has 21 heavy (non-hydrogen) atoms. The molecule has 0 fully saturated rings. The SMILES string of the molecule is CN1C(=O)CN=C(c2ccccc2)c2cc(Cl)c(O)cc21. The van der Waals surface area contributed by atoms with E-state index in [2.05, 4.69) is 4.99 Å². The fourth-order valence-corrected chi connectivity index (χ4v) is 2.50. The molecule has 0 atom stereocenters. The van der Waals surface area contributed by atoms with Crippen LogP contribution in [0.2, 0.25) is 5.02 Å². The normalized spacial score (nSPS) is 14.5. The summed E-state index contributed by atoms with van der Waals surface area (Å²) < 4.78 is 0. The Morgan fingerprint density at radius 1 is 1.24 bits per heavy atom. The number of phenolic OH excluding ortho intramolecular Hbond substituents is 1. The number of aromatic hydroxyl groups is 1. The van der Waals surface area contributed by atoms with E-state index in [0.717, 1.165) is 11.1 Å². The van der Waals surface area contributed by atoms with Crippen molar-refractivity contribution < 1.29 is 9.90 Å². The molecule has 2 aromatic rings. The zero-order valence-electron chi connectivity index (χ0n) is 11.4. The summed E-state index contributed by atoms with van der Waals surface area (Å²) in [5.74, 6) is -0.187. The minimum absolute atomic E-state index is 0.0515. The van der Waals surface area contributed by atoms with Crippen LogP contribution in [-0.4, -0.2) is 30.3 Å². The zero-order chi connectivity index (χ0) is 15.0. The van der Waals surface area contributed by atoms with Gasteiger partial charge in [0.1, 0.15) is 12.3 Å². The van der Waals surface area contributed by atoms with E-state index in [4.69, 9.17) is 11.6 Å². The van der Waals surface area contributed by atoms with Crippen molar-refractivity contribution in [1.82, 2.24) is 0 Å². The number of fused-ring (bicyclic) bond motifs is 1. The van der Waals surface area contributed by atoms with E-state index in [0.29, 0.717) is 11.4 Å². The number of carbonyl (C=O) groups excluding carboxylic acids is 1. The summed E-state index contributed by atoms with van der Waals surface area (Å²) in [5.41, 5.74) is 2.94. The lowest BCUT2D eigenvalue weighted by Gasteiger charge is -2.18. The Hall–Kier alpha value is -2.33. The first-order valence-electron chi connectivity index (χ1n) is 6.47. The van der Waals surface area contributed by atoms with Gasteiger partial charge >= 0.3 is 0 Å². The first-order valence-corrected chi connectivity index (χ1v) is 6.85. The second-order valence-corrected chi connectivity index (χ2v) is 5.21. The highest BCUT2D eigenvalue weighted by Gasteiger charge is 2.24. The van der Waals surface area contributed by atoms with Crippen LogP contribution >= 0.6 is 11.6 Å². The van der Waals surface area contributed by atoms with Crippen molar-refractivity contribution >= 4 is 28.9 Å². The average molecular weight is 301 g/mol. The quantitative estimate of drug-likeness (QED) is 0.880. The van der Waals surface area contributed by atoms with Crippen LogP contribution in [0.4, 0.5) is 5.69 Å². The maximum Gasteiger partial charge on any atom is 0.248 e. The van der Waals surface area contributed by atoms with Crippen LogP contribution in [0, 0.1) is 0 Å². The van der Waals surface area contributed by atoms with Gasteiger partial charge in [0.2, 0.25) is 5.91 Å². The molecule has 5 heteroatoms. The number of likely N-dealkylation sites (N-methyl/N-ethyl adjacent to an activating group) is 1. The number of benzodiazepines with no additional fused rings is 1. The highest BCUT2D eigenvalue weighted by atomic mass is 35.5. The number of carbonyl (C=O) groups is 1. The smallest absolute Gasteiger partial charge is 0.248 e. The number of halogens is 1. The van der Waals surface area contributed by atoms with Crippen LogP contribution < -0.4 is 4.90 Å². The molecule has 106 valence electrons. The van der Waals surface area contributed by atoms with Crippen molar-refractivity contribution in [3.8, 4) is 5.75 Å². The van der Waals surface area contributed by atoms with Crippen LogP contribution in [0.5, 0.6) is 5.75 Å². The van der Waals surface area contributed by atoms with Crippen LogP contribution in [0.25, 0.3) is 0 Å². The van der Waals surface area contributed by atoms with Crippen molar-refractivity contribution in [3.63, 3.8) is 0 Å². The maximum atomic E-state index is 12.1. The van der Waals surface area contributed by atoms with E-state index in [1.54, 1.807) is 13.1 Å². The third-order valence-corrected chi connectivity index (χ3v) is 3.78. The first kappa shape index (κ1) is 13.6. The van der Waals surface area contributed by atoms with Crippen molar-refractivity contribution in [2.24, 2.45) is 4.99 Å². The summed E-state index contributed by atoms with van der Waals surface area (Å²) in [5, 5.41) is 10.1. The monoisotopic (exact) mass is 300 g/mol. The molecule has 2 aromatic carbocycles. The number of aliphatic imine (C=N–C) groups is 1. The van der Waals surface area contributed by atoms with Crippen LogP contribution in [0.1, 0.15) is 11.1 Å². The number of anilines is 1. The summed E-state index contributed by atoms with van der Waals surface area (Å²) in [6.07, 6.45) is 0. The summed E-state index contributed by atoms with van der Waals surface area (Å²) >= 11 is 6.03. The van der Waals surface area contributed by atoms with Crippen molar-refractivity contribution in [3.05, 3.63) is 58.6 Å². The van der Waals surface area contributed by atoms with Crippen LogP contribution in [-0.2, 0) is 4.79 Å². The van der Waals surface area contributed by atoms with E-state index in [-0.39, 0.29) is 23.2 Å². The van der Waals surface area contributed by atoms with Gasteiger partial charge in [0.15, 0.2) is 0 Å². The predicted octanol–water partition coefficient (Wildman–Crippen LogP) is 2.86. The molecular weight excluding hydrogens is 288 g/mol. The molecule has 0 saturated heterocycles. The summed E-state index contributed by atoms with van der Waals surface area (Å²) in [6, 6.07) is 12.7. The molecule has 1 amide bonds. The molecule has 0 radical (unpaired) electrons. The fraction of sp³-hybridized carbons (Fsp3) is 0.125. The Bertz CT molecular complexity index is 741. The van der Waals surface area contributed by atoms with Gasteiger partial charge < -0.3 is 10.0 Å². The highest BCUT2D eigenvalue weighted by Crippen LogP contribution is 2.34. The molecule has 0 saturated carbocycles. The second kappa shape index (κ2) is 5.22. The maximum absolute atomic E-state index is 12.1. The number of hydrogen-bond donors (Lipinski definition) is 1. The van der Waals surface area contributed by atoms with E-state index in [9.17, 15) is 9.90 Å². The number of rotatable bonds is 1. The Balaban J connectivity index is 2.26. The topological polar surface area (TPSA) is 52.9 Å². The van der Waals surface area contributed by atoms with E-state index in [1.165, 1.54) is 11.0 Å². The Labute approximate surface area is 127 Å². The van der Waals surface area contributed by atoms with Gasteiger partial charge in [-0.15, -0.1) is 0 Å². The number of nitrogens with zero attached hydrogens (tertiary/aromatic N) is 2. The number of amides is 1. The first-order chi connectivity index (χ1) is 10.1. The molecule has 0 aliphatic carbocycles. The Kier molecular flexibility index (Phi) is 3.39. The van der Waals surface area contributed by atoms with Gasteiger partial charge in [-0.1, -0.05) is 41.9 Å². The van der Waals surface area contributed by atoms with E-state index in [1.807, 2.05) is 30.3 Å². The molecule has 1 heterocycles. The van der Waals surface area contributed by atoms with Crippen molar-refractivity contribution in [2.45, 2.75) is 0 Å². The molecule has 1 N–H and O–H groups in total. The molecule has 1 aliphatic rings. The highest BCUT2D eigenvalue weighted by molar-refractivity contribution is 6.33. The van der Waals surface area contributed by atoms with E-state index < -0.39 is 0 Å². The molecule has 0 bridgehead atoms. The molecule has 4 nitrogen and oxygen atoms in total. The third kappa shape index (κ3) is 2.38. The summed E-state index contributed by atoms with van der Waals surface area (Å²) in [6.45, 7) is 0.0633. The average Bonchev–Trinajstić information content (AvgIpc) is 2.60. The van der Waals surface area contributed by atoms with E-state index >= 15 is 0 Å². The van der Waals surface area contributed by atoms with Gasteiger partial charge in [0, 0.05) is 24.2 Å². The largest absolute Gasteiger partial charge is 0.506 e. The van der Waals surface area contributed by atoms with Gasteiger partial charge in [-0.3, -0.25) is 9.79 Å². The lowest BCUT2D eigenvalue weighted by molar-refractivity contribution is -0.116.